The lowest BCUT2D eigenvalue weighted by Gasteiger charge is -2.20. The molecule has 0 aliphatic heterocycles. The van der Waals surface area contributed by atoms with Crippen LogP contribution in [0, 0.1) is 13.8 Å². The van der Waals surface area contributed by atoms with E-state index in [9.17, 15) is 9.59 Å². The maximum Gasteiger partial charge on any atom is 0.251 e. The van der Waals surface area contributed by atoms with Gasteiger partial charge in [-0.1, -0.05) is 36.4 Å². The predicted molar refractivity (Wildman–Crippen MR) is 144 cm³/mol. The van der Waals surface area contributed by atoms with E-state index in [1.54, 1.807) is 23.9 Å². The normalized spacial score (nSPS) is 11.9. The van der Waals surface area contributed by atoms with Gasteiger partial charge in [-0.25, -0.2) is 4.98 Å². The van der Waals surface area contributed by atoms with E-state index in [1.807, 2.05) is 79.3 Å². The van der Waals surface area contributed by atoms with Crippen LogP contribution in [0.25, 0.3) is 11.0 Å². The van der Waals surface area contributed by atoms with Crippen LogP contribution in [0.5, 0.6) is 0 Å². The van der Waals surface area contributed by atoms with Crippen LogP contribution >= 0.6 is 11.8 Å². The summed E-state index contributed by atoms with van der Waals surface area (Å²) in [6.45, 7) is 4.12. The molecule has 0 saturated heterocycles. The van der Waals surface area contributed by atoms with Gasteiger partial charge in [0.1, 0.15) is 12.4 Å². The van der Waals surface area contributed by atoms with Crippen molar-refractivity contribution in [2.45, 2.75) is 32.9 Å². The molecule has 0 fully saturated rings. The molecule has 4 aromatic rings. The first-order valence-electron chi connectivity index (χ1n) is 11.6. The lowest BCUT2D eigenvalue weighted by molar-refractivity contribution is -0.116. The van der Waals surface area contributed by atoms with Crippen molar-refractivity contribution in [2.75, 3.05) is 17.3 Å². The van der Waals surface area contributed by atoms with E-state index in [1.165, 1.54) is 0 Å². The number of para-hydroxylation sites is 2. The van der Waals surface area contributed by atoms with Crippen molar-refractivity contribution in [2.24, 2.45) is 0 Å². The number of benzene rings is 3. The number of hydrogen-bond donors (Lipinski definition) is 2. The van der Waals surface area contributed by atoms with Gasteiger partial charge in [-0.3, -0.25) is 9.59 Å². The first-order chi connectivity index (χ1) is 16.9. The highest BCUT2D eigenvalue weighted by molar-refractivity contribution is 7.98. The van der Waals surface area contributed by atoms with Crippen molar-refractivity contribution >= 4 is 40.3 Å². The number of nitrogens with one attached hydrogen (secondary N) is 2. The highest BCUT2D eigenvalue weighted by atomic mass is 32.2. The molecule has 0 aliphatic carbocycles. The average Bonchev–Trinajstić information content (AvgIpc) is 3.19. The fourth-order valence-electron chi connectivity index (χ4n) is 4.25. The van der Waals surface area contributed by atoms with Crippen LogP contribution in [0.1, 0.15) is 39.8 Å². The second kappa shape index (κ2) is 11.2. The van der Waals surface area contributed by atoms with Crippen LogP contribution < -0.4 is 10.6 Å². The van der Waals surface area contributed by atoms with E-state index in [0.717, 1.165) is 33.6 Å². The van der Waals surface area contributed by atoms with Crippen molar-refractivity contribution in [1.29, 1.82) is 0 Å². The number of aromatic nitrogens is 2. The van der Waals surface area contributed by atoms with E-state index in [4.69, 9.17) is 4.98 Å². The standard InChI is InChI=1S/C28H30N4O2S/c1-19-15-20(2)17-22(16-19)29-26(33)18-32-25-12-8-7-11-23(25)30-27(32)24(13-14-35-3)31-28(34)21-9-5-4-6-10-21/h4-12,15-17,24H,13-14,18H2,1-3H3,(H,29,33)(H,31,34)/t24-/m1/s1. The quantitative estimate of drug-likeness (QED) is 0.327. The molecule has 0 aliphatic rings. The minimum atomic E-state index is -0.337. The number of rotatable bonds is 9. The smallest absolute Gasteiger partial charge is 0.251 e. The molecule has 2 amide bonds. The van der Waals surface area contributed by atoms with E-state index in [0.29, 0.717) is 17.8 Å². The van der Waals surface area contributed by atoms with Gasteiger partial charge in [0, 0.05) is 11.3 Å². The summed E-state index contributed by atoms with van der Waals surface area (Å²) in [5.41, 5.74) is 5.21. The van der Waals surface area contributed by atoms with Crippen molar-refractivity contribution in [3.63, 3.8) is 0 Å². The Bertz CT molecular complexity index is 1310. The van der Waals surface area contributed by atoms with Gasteiger partial charge in [-0.2, -0.15) is 11.8 Å². The Balaban J connectivity index is 1.66. The highest BCUT2D eigenvalue weighted by Gasteiger charge is 2.24. The van der Waals surface area contributed by atoms with Gasteiger partial charge in [0.15, 0.2) is 0 Å². The van der Waals surface area contributed by atoms with Gasteiger partial charge in [0.05, 0.1) is 17.1 Å². The van der Waals surface area contributed by atoms with Crippen LogP contribution in [0.3, 0.4) is 0 Å². The minimum Gasteiger partial charge on any atom is -0.342 e. The summed E-state index contributed by atoms with van der Waals surface area (Å²) >= 11 is 1.71. The molecule has 0 saturated carbocycles. The molecule has 0 unspecified atom stereocenters. The monoisotopic (exact) mass is 486 g/mol. The fourth-order valence-corrected chi connectivity index (χ4v) is 4.72. The Kier molecular flexibility index (Phi) is 7.87. The first kappa shape index (κ1) is 24.5. The highest BCUT2D eigenvalue weighted by Crippen LogP contribution is 2.25. The van der Waals surface area contributed by atoms with Crippen LogP contribution in [-0.4, -0.2) is 33.4 Å². The lowest BCUT2D eigenvalue weighted by Crippen LogP contribution is -2.32. The van der Waals surface area contributed by atoms with E-state index < -0.39 is 0 Å². The third-order valence-corrected chi connectivity index (χ3v) is 6.40. The van der Waals surface area contributed by atoms with Crippen LogP contribution in [-0.2, 0) is 11.3 Å². The number of carbonyl (C=O) groups is 2. The van der Waals surface area contributed by atoms with Gasteiger partial charge in [0.2, 0.25) is 5.91 Å². The van der Waals surface area contributed by atoms with Crippen molar-refractivity contribution < 1.29 is 9.59 Å². The largest absolute Gasteiger partial charge is 0.342 e. The Morgan fingerprint density at radius 3 is 2.37 bits per heavy atom. The number of nitrogens with zero attached hydrogens (tertiary/aromatic N) is 2. The summed E-state index contributed by atoms with van der Waals surface area (Å²) < 4.78 is 1.92. The zero-order chi connectivity index (χ0) is 24.8. The lowest BCUT2D eigenvalue weighted by atomic mass is 10.1. The second-order valence-electron chi connectivity index (χ2n) is 8.64. The Morgan fingerprint density at radius 1 is 0.971 bits per heavy atom. The maximum atomic E-state index is 13.1. The fraction of sp³-hybridized carbons (Fsp3) is 0.250. The van der Waals surface area contributed by atoms with Gasteiger partial charge in [-0.05, 0) is 79.8 Å². The molecular formula is C28H30N4O2S. The summed E-state index contributed by atoms with van der Waals surface area (Å²) in [6, 6.07) is 22.6. The molecule has 0 radical (unpaired) electrons. The number of hydrogen-bond acceptors (Lipinski definition) is 4. The number of anilines is 1. The molecule has 6 nitrogen and oxygen atoms in total. The van der Waals surface area contributed by atoms with E-state index in [-0.39, 0.29) is 24.4 Å². The maximum absolute atomic E-state index is 13.1. The summed E-state index contributed by atoms with van der Waals surface area (Å²) in [5, 5.41) is 6.18. The molecule has 1 heterocycles. The Hall–Kier alpha value is -3.58. The van der Waals surface area contributed by atoms with Gasteiger partial charge in [-0.15, -0.1) is 0 Å². The zero-order valence-corrected chi connectivity index (χ0v) is 21.1. The van der Waals surface area contributed by atoms with Crippen LogP contribution in [0.4, 0.5) is 5.69 Å². The number of amides is 2. The number of thioether (sulfide) groups is 1. The van der Waals surface area contributed by atoms with Gasteiger partial charge < -0.3 is 15.2 Å². The topological polar surface area (TPSA) is 76.0 Å². The zero-order valence-electron chi connectivity index (χ0n) is 20.2. The Labute approximate surface area is 210 Å². The van der Waals surface area contributed by atoms with E-state index >= 15 is 0 Å². The average molecular weight is 487 g/mol. The van der Waals surface area contributed by atoms with Crippen molar-refractivity contribution in [1.82, 2.24) is 14.9 Å². The van der Waals surface area contributed by atoms with Crippen molar-refractivity contribution in [3.05, 3.63) is 95.3 Å². The van der Waals surface area contributed by atoms with E-state index in [2.05, 4.69) is 16.7 Å². The molecule has 1 atom stereocenters. The van der Waals surface area contributed by atoms with Gasteiger partial charge >= 0.3 is 0 Å². The molecule has 2 N–H and O–H groups in total. The number of imidazole rings is 1. The second-order valence-corrected chi connectivity index (χ2v) is 9.63. The summed E-state index contributed by atoms with van der Waals surface area (Å²) in [6.07, 6.45) is 2.73. The first-order valence-corrected chi connectivity index (χ1v) is 13.0. The Morgan fingerprint density at radius 2 is 1.66 bits per heavy atom. The summed E-state index contributed by atoms with van der Waals surface area (Å²) in [7, 11) is 0. The third kappa shape index (κ3) is 6.11. The SMILES string of the molecule is CSCC[C@@H](NC(=O)c1ccccc1)c1nc2ccccc2n1CC(=O)Nc1cc(C)cc(C)c1. The van der Waals surface area contributed by atoms with Crippen LogP contribution in [0.15, 0.2) is 72.8 Å². The molecule has 7 heteroatoms. The summed E-state index contributed by atoms with van der Waals surface area (Å²) in [5.74, 6) is 1.23. The molecule has 180 valence electrons. The van der Waals surface area contributed by atoms with Crippen molar-refractivity contribution in [3.8, 4) is 0 Å². The molecule has 0 bridgehead atoms. The summed E-state index contributed by atoms with van der Waals surface area (Å²) in [4.78, 5) is 31.0. The molecule has 35 heavy (non-hydrogen) atoms. The molecular weight excluding hydrogens is 456 g/mol. The van der Waals surface area contributed by atoms with Gasteiger partial charge in [0.25, 0.3) is 5.91 Å². The number of aryl methyl sites for hydroxylation is 2. The molecule has 3 aromatic carbocycles. The molecule has 4 rings (SSSR count). The minimum absolute atomic E-state index is 0.0970. The third-order valence-electron chi connectivity index (χ3n) is 5.75. The van der Waals surface area contributed by atoms with Crippen LogP contribution in [0.2, 0.25) is 0 Å². The molecule has 0 spiro atoms. The number of fused-ring (bicyclic) bond motifs is 1. The number of carbonyl (C=O) groups excluding carboxylic acids is 2. The predicted octanol–water partition coefficient (Wildman–Crippen LogP) is 5.52. The molecule has 1 aromatic heterocycles.